The fourth-order valence-corrected chi connectivity index (χ4v) is 1.05. The highest BCUT2D eigenvalue weighted by Crippen LogP contribution is 2.12. The van der Waals surface area contributed by atoms with Gasteiger partial charge in [0.1, 0.15) is 11.6 Å². The molecule has 0 aliphatic heterocycles. The number of anilines is 2. The summed E-state index contributed by atoms with van der Waals surface area (Å²) in [6, 6.07) is 2.02. The lowest BCUT2D eigenvalue weighted by atomic mass is 10.2. The maximum Gasteiger partial charge on any atom is 0.226 e. The first-order chi connectivity index (χ1) is 6.11. The summed E-state index contributed by atoms with van der Waals surface area (Å²) in [7, 11) is 0. The quantitative estimate of drug-likeness (QED) is 0.732. The number of halogens is 1. The van der Waals surface area contributed by atoms with Crippen molar-refractivity contribution in [1.82, 2.24) is 9.97 Å². The first-order valence-corrected chi connectivity index (χ1v) is 4.56. The minimum Gasteiger partial charge on any atom is -0.383 e. The zero-order valence-electron chi connectivity index (χ0n) is 7.71. The minimum absolute atomic E-state index is 0.172. The monoisotopic (exact) mass is 200 g/mol. The summed E-state index contributed by atoms with van der Waals surface area (Å²) in [6.07, 6.45) is 1.02. The Morgan fingerprint density at radius 2 is 2.31 bits per heavy atom. The third-order valence-corrected chi connectivity index (χ3v) is 1.89. The lowest BCUT2D eigenvalue weighted by molar-refractivity contribution is 0.758. The molecule has 1 aromatic heterocycles. The molecular weight excluding hydrogens is 188 g/mol. The van der Waals surface area contributed by atoms with Gasteiger partial charge in [0, 0.05) is 12.1 Å². The van der Waals surface area contributed by atoms with Gasteiger partial charge in [0.25, 0.3) is 0 Å². The van der Waals surface area contributed by atoms with Crippen LogP contribution in [-0.4, -0.2) is 16.0 Å². The molecule has 4 nitrogen and oxygen atoms in total. The van der Waals surface area contributed by atoms with Crippen LogP contribution in [-0.2, 0) is 0 Å². The van der Waals surface area contributed by atoms with Crippen LogP contribution >= 0.6 is 11.6 Å². The van der Waals surface area contributed by atoms with E-state index in [1.165, 1.54) is 0 Å². The number of hydrogen-bond donors (Lipinski definition) is 2. The molecule has 0 saturated heterocycles. The van der Waals surface area contributed by atoms with Crippen molar-refractivity contribution in [3.8, 4) is 0 Å². The van der Waals surface area contributed by atoms with Gasteiger partial charge in [-0.25, -0.2) is 9.97 Å². The van der Waals surface area contributed by atoms with Crippen LogP contribution in [0.5, 0.6) is 0 Å². The normalized spacial score (nSPS) is 12.5. The van der Waals surface area contributed by atoms with Crippen LogP contribution in [0.25, 0.3) is 0 Å². The first kappa shape index (κ1) is 10.1. The van der Waals surface area contributed by atoms with Crippen molar-refractivity contribution in [1.29, 1.82) is 0 Å². The molecule has 0 aromatic carbocycles. The number of nitrogens with two attached hydrogens (primary N) is 1. The zero-order valence-corrected chi connectivity index (χ0v) is 8.47. The molecular formula is C8H13ClN4. The summed E-state index contributed by atoms with van der Waals surface area (Å²) in [6.45, 7) is 4.15. The number of nitrogen functional groups attached to an aromatic ring is 1. The summed E-state index contributed by atoms with van der Waals surface area (Å²) in [4.78, 5) is 7.74. The van der Waals surface area contributed by atoms with Gasteiger partial charge >= 0.3 is 0 Å². The van der Waals surface area contributed by atoms with Gasteiger partial charge in [-0.05, 0) is 24.9 Å². The number of hydrogen-bond acceptors (Lipinski definition) is 4. The smallest absolute Gasteiger partial charge is 0.226 e. The molecule has 0 unspecified atom stereocenters. The molecule has 0 radical (unpaired) electrons. The summed E-state index contributed by atoms with van der Waals surface area (Å²) in [5.74, 6) is 1.05. The lowest BCUT2D eigenvalue weighted by Crippen LogP contribution is -2.15. The molecule has 1 rings (SSSR count). The molecule has 0 amide bonds. The Morgan fingerprint density at radius 3 is 2.85 bits per heavy atom. The van der Waals surface area contributed by atoms with Crippen molar-refractivity contribution >= 4 is 23.2 Å². The fraction of sp³-hybridized carbons (Fsp3) is 0.500. The van der Waals surface area contributed by atoms with Gasteiger partial charge in [-0.2, -0.15) is 0 Å². The van der Waals surface area contributed by atoms with E-state index in [2.05, 4.69) is 29.1 Å². The summed E-state index contributed by atoms with van der Waals surface area (Å²) in [5.41, 5.74) is 5.50. The highest BCUT2D eigenvalue weighted by molar-refractivity contribution is 6.28. The van der Waals surface area contributed by atoms with Crippen molar-refractivity contribution in [2.75, 3.05) is 11.1 Å². The van der Waals surface area contributed by atoms with Crippen LogP contribution in [0.3, 0.4) is 0 Å². The Kier molecular flexibility index (Phi) is 3.31. The topological polar surface area (TPSA) is 63.8 Å². The lowest BCUT2D eigenvalue weighted by Gasteiger charge is -2.11. The fourth-order valence-electron chi connectivity index (χ4n) is 0.864. The minimum atomic E-state index is 0.172. The van der Waals surface area contributed by atoms with E-state index in [9.17, 15) is 0 Å². The molecule has 0 saturated carbocycles. The summed E-state index contributed by atoms with van der Waals surface area (Å²) in [5, 5.41) is 3.33. The Morgan fingerprint density at radius 1 is 1.62 bits per heavy atom. The van der Waals surface area contributed by atoms with Crippen LogP contribution in [0, 0.1) is 0 Å². The second kappa shape index (κ2) is 4.28. The molecule has 1 heterocycles. The number of nitrogens with zero attached hydrogens (tertiary/aromatic N) is 2. The number of nitrogens with one attached hydrogen (secondary N) is 1. The molecule has 0 spiro atoms. The average Bonchev–Trinajstić information content (AvgIpc) is 2.02. The van der Waals surface area contributed by atoms with Gasteiger partial charge in [-0.3, -0.25) is 0 Å². The van der Waals surface area contributed by atoms with Gasteiger partial charge in [-0.15, -0.1) is 0 Å². The Bertz CT molecular complexity index is 269. The molecule has 1 aromatic rings. The second-order valence-corrected chi connectivity index (χ2v) is 3.24. The molecule has 5 heteroatoms. The van der Waals surface area contributed by atoms with E-state index in [-0.39, 0.29) is 5.28 Å². The number of aromatic nitrogens is 2. The van der Waals surface area contributed by atoms with E-state index in [1.54, 1.807) is 6.07 Å². The van der Waals surface area contributed by atoms with Crippen LogP contribution in [0.2, 0.25) is 5.28 Å². The standard InChI is InChI=1S/C8H13ClN4/c1-3-5(2)11-7-4-6(10)12-8(9)13-7/h4-5H,3H2,1-2H3,(H3,10,11,12,13)/t5-/m0/s1. The Hall–Kier alpha value is -1.03. The zero-order chi connectivity index (χ0) is 9.84. The summed E-state index contributed by atoms with van der Waals surface area (Å²) < 4.78 is 0. The Labute approximate surface area is 82.5 Å². The Balaban J connectivity index is 2.77. The molecule has 0 aliphatic rings. The van der Waals surface area contributed by atoms with Crippen LogP contribution in [0.4, 0.5) is 11.6 Å². The van der Waals surface area contributed by atoms with E-state index in [0.717, 1.165) is 6.42 Å². The second-order valence-electron chi connectivity index (χ2n) is 2.90. The van der Waals surface area contributed by atoms with Crippen molar-refractivity contribution in [2.24, 2.45) is 0 Å². The molecule has 0 aliphatic carbocycles. The van der Waals surface area contributed by atoms with E-state index in [0.29, 0.717) is 17.7 Å². The number of rotatable bonds is 3. The predicted octanol–water partition coefficient (Wildman–Crippen LogP) is 1.92. The van der Waals surface area contributed by atoms with Crippen LogP contribution in [0.15, 0.2) is 6.07 Å². The molecule has 13 heavy (non-hydrogen) atoms. The van der Waals surface area contributed by atoms with Crippen LogP contribution < -0.4 is 11.1 Å². The predicted molar refractivity (Wildman–Crippen MR) is 54.8 cm³/mol. The van der Waals surface area contributed by atoms with Gasteiger partial charge in [0.2, 0.25) is 5.28 Å². The molecule has 1 atom stereocenters. The largest absolute Gasteiger partial charge is 0.383 e. The van der Waals surface area contributed by atoms with Crippen molar-refractivity contribution in [2.45, 2.75) is 26.3 Å². The van der Waals surface area contributed by atoms with E-state index in [4.69, 9.17) is 17.3 Å². The van der Waals surface area contributed by atoms with E-state index >= 15 is 0 Å². The van der Waals surface area contributed by atoms with E-state index < -0.39 is 0 Å². The molecule has 0 bridgehead atoms. The molecule has 3 N–H and O–H groups in total. The highest BCUT2D eigenvalue weighted by Gasteiger charge is 2.02. The third kappa shape index (κ3) is 3.06. The first-order valence-electron chi connectivity index (χ1n) is 4.18. The third-order valence-electron chi connectivity index (χ3n) is 1.73. The van der Waals surface area contributed by atoms with Crippen LogP contribution in [0.1, 0.15) is 20.3 Å². The average molecular weight is 201 g/mol. The van der Waals surface area contributed by atoms with Gasteiger partial charge < -0.3 is 11.1 Å². The van der Waals surface area contributed by atoms with Gasteiger partial charge in [0.05, 0.1) is 0 Å². The maximum atomic E-state index is 5.63. The van der Waals surface area contributed by atoms with Crippen molar-refractivity contribution < 1.29 is 0 Å². The SMILES string of the molecule is CC[C@H](C)Nc1cc(N)nc(Cl)n1. The maximum absolute atomic E-state index is 5.63. The van der Waals surface area contributed by atoms with Crippen molar-refractivity contribution in [3.63, 3.8) is 0 Å². The summed E-state index contributed by atoms with van der Waals surface area (Å²) >= 11 is 5.63. The van der Waals surface area contributed by atoms with Gasteiger partial charge in [0.15, 0.2) is 0 Å². The highest BCUT2D eigenvalue weighted by atomic mass is 35.5. The molecule has 0 fully saturated rings. The van der Waals surface area contributed by atoms with E-state index in [1.807, 2.05) is 0 Å². The molecule has 72 valence electrons. The van der Waals surface area contributed by atoms with Gasteiger partial charge in [-0.1, -0.05) is 6.92 Å². The van der Waals surface area contributed by atoms with Crippen molar-refractivity contribution in [3.05, 3.63) is 11.3 Å².